The summed E-state index contributed by atoms with van der Waals surface area (Å²) in [7, 11) is 0. The van der Waals surface area contributed by atoms with Gasteiger partial charge >= 0.3 is 0 Å². The minimum atomic E-state index is -0.644. The van der Waals surface area contributed by atoms with Gasteiger partial charge in [-0.1, -0.05) is 22.9 Å². The number of nitro benzene ring substituents is 1. The van der Waals surface area contributed by atoms with Gasteiger partial charge in [0.1, 0.15) is 5.69 Å². The van der Waals surface area contributed by atoms with Gasteiger partial charge in [-0.2, -0.15) is 0 Å². The summed E-state index contributed by atoms with van der Waals surface area (Å²) in [5.41, 5.74) is -0.290. The van der Waals surface area contributed by atoms with Crippen LogP contribution in [0.25, 0.3) is 0 Å². The zero-order valence-electron chi connectivity index (χ0n) is 8.96. The van der Waals surface area contributed by atoms with Crippen LogP contribution < -0.4 is 5.32 Å². The number of aromatic nitrogens is 2. The molecular weight excluding hydrogens is 315 g/mol. The van der Waals surface area contributed by atoms with Gasteiger partial charge in [0.25, 0.3) is 11.6 Å². The predicted octanol–water partition coefficient (Wildman–Crippen LogP) is 3.01. The highest BCUT2D eigenvalue weighted by atomic mass is 35.5. The quantitative estimate of drug-likeness (QED) is 0.692. The topological polar surface area (TPSA) is 98.0 Å². The second-order valence-electron chi connectivity index (χ2n) is 3.23. The Kier molecular flexibility index (Phi) is 3.93. The molecule has 0 radical (unpaired) electrons. The average molecular weight is 319 g/mol. The molecule has 1 N–H and O–H groups in total. The molecule has 1 amide bonds. The van der Waals surface area contributed by atoms with Gasteiger partial charge in [-0.15, -0.1) is 10.2 Å². The predicted molar refractivity (Wildman–Crippen MR) is 71.0 cm³/mol. The van der Waals surface area contributed by atoms with Crippen molar-refractivity contribution in [1.29, 1.82) is 0 Å². The van der Waals surface area contributed by atoms with E-state index in [1.165, 1.54) is 18.2 Å². The second kappa shape index (κ2) is 5.47. The van der Waals surface area contributed by atoms with E-state index in [9.17, 15) is 14.9 Å². The van der Waals surface area contributed by atoms with Gasteiger partial charge in [-0.05, 0) is 23.7 Å². The number of nitrogens with zero attached hydrogens (tertiary/aromatic N) is 3. The van der Waals surface area contributed by atoms with Gasteiger partial charge in [0.05, 0.1) is 4.92 Å². The van der Waals surface area contributed by atoms with E-state index in [1.54, 1.807) is 0 Å². The Morgan fingerprint density at radius 3 is 2.68 bits per heavy atom. The normalized spacial score (nSPS) is 10.2. The molecule has 0 atom stereocenters. The van der Waals surface area contributed by atoms with Crippen molar-refractivity contribution in [3.8, 4) is 0 Å². The van der Waals surface area contributed by atoms with Gasteiger partial charge in [0.15, 0.2) is 0 Å². The molecule has 0 bridgehead atoms. The third-order valence-electron chi connectivity index (χ3n) is 2.00. The lowest BCUT2D eigenvalue weighted by Gasteiger charge is -2.04. The van der Waals surface area contributed by atoms with E-state index >= 15 is 0 Å². The van der Waals surface area contributed by atoms with Crippen LogP contribution in [0.5, 0.6) is 0 Å². The molecule has 2 aromatic rings. The van der Waals surface area contributed by atoms with Crippen molar-refractivity contribution < 1.29 is 9.72 Å². The Bertz CT molecular complexity index is 661. The van der Waals surface area contributed by atoms with E-state index < -0.39 is 10.8 Å². The maximum Gasteiger partial charge on any atom is 0.292 e. The standard InChI is InChI=1S/C9H4Cl2N4O3S/c10-4-1-2-6(15(17)18)5(3-4)12-7(16)8-13-14-9(11)19-8/h1-3H,(H,12,16). The summed E-state index contributed by atoms with van der Waals surface area (Å²) in [6.07, 6.45) is 0. The molecule has 0 saturated carbocycles. The number of rotatable bonds is 3. The van der Waals surface area contributed by atoms with E-state index in [1.807, 2.05) is 0 Å². The van der Waals surface area contributed by atoms with Gasteiger partial charge < -0.3 is 5.32 Å². The maximum absolute atomic E-state index is 11.8. The summed E-state index contributed by atoms with van der Waals surface area (Å²) in [6, 6.07) is 3.84. The Balaban J connectivity index is 2.30. The summed E-state index contributed by atoms with van der Waals surface area (Å²) >= 11 is 12.1. The lowest BCUT2D eigenvalue weighted by atomic mass is 10.2. The third kappa shape index (κ3) is 3.16. The zero-order valence-corrected chi connectivity index (χ0v) is 11.3. The van der Waals surface area contributed by atoms with Crippen LogP contribution in [0.1, 0.15) is 9.80 Å². The van der Waals surface area contributed by atoms with Crippen molar-refractivity contribution in [2.24, 2.45) is 0 Å². The second-order valence-corrected chi connectivity index (χ2v) is 5.23. The minimum Gasteiger partial charge on any atom is -0.314 e. The number of carbonyl (C=O) groups excluding carboxylic acids is 1. The number of anilines is 1. The summed E-state index contributed by atoms with van der Waals surface area (Å²) in [5, 5.41) is 20.4. The summed E-state index contributed by atoms with van der Waals surface area (Å²) < 4.78 is 0.103. The summed E-state index contributed by atoms with van der Waals surface area (Å²) in [6.45, 7) is 0. The molecule has 2 rings (SSSR count). The van der Waals surface area contributed by atoms with Crippen molar-refractivity contribution in [2.75, 3.05) is 5.32 Å². The molecule has 0 saturated heterocycles. The lowest BCUT2D eigenvalue weighted by Crippen LogP contribution is -2.12. The number of carbonyl (C=O) groups is 1. The molecular formula is C9H4Cl2N4O3S. The van der Waals surface area contributed by atoms with Gasteiger partial charge in [-0.25, -0.2) is 0 Å². The van der Waals surface area contributed by atoms with Crippen molar-refractivity contribution in [3.63, 3.8) is 0 Å². The number of hydrogen-bond acceptors (Lipinski definition) is 6. The highest BCUT2D eigenvalue weighted by Crippen LogP contribution is 2.28. The average Bonchev–Trinajstić information content (AvgIpc) is 2.75. The van der Waals surface area contributed by atoms with Crippen LogP contribution in [-0.2, 0) is 0 Å². The molecule has 1 aromatic heterocycles. The first-order valence-corrected chi connectivity index (χ1v) is 6.29. The van der Waals surface area contributed by atoms with Gasteiger partial charge in [0.2, 0.25) is 9.47 Å². The van der Waals surface area contributed by atoms with Crippen molar-refractivity contribution in [1.82, 2.24) is 10.2 Å². The van der Waals surface area contributed by atoms with E-state index in [-0.39, 0.29) is 25.9 Å². The van der Waals surface area contributed by atoms with Crippen molar-refractivity contribution in [2.45, 2.75) is 0 Å². The largest absolute Gasteiger partial charge is 0.314 e. The fraction of sp³-hybridized carbons (Fsp3) is 0. The molecule has 10 heteroatoms. The molecule has 98 valence electrons. The Labute approximate surface area is 120 Å². The first-order chi connectivity index (χ1) is 8.97. The van der Waals surface area contributed by atoms with Crippen LogP contribution in [0, 0.1) is 10.1 Å². The van der Waals surface area contributed by atoms with Crippen LogP contribution >= 0.6 is 34.5 Å². The number of nitro groups is 1. The molecule has 19 heavy (non-hydrogen) atoms. The van der Waals surface area contributed by atoms with E-state index in [2.05, 4.69) is 15.5 Å². The number of halogens is 2. The smallest absolute Gasteiger partial charge is 0.292 e. The van der Waals surface area contributed by atoms with Crippen LogP contribution in [0.2, 0.25) is 9.49 Å². The van der Waals surface area contributed by atoms with E-state index in [0.717, 1.165) is 11.3 Å². The molecule has 7 nitrogen and oxygen atoms in total. The number of nitrogens with one attached hydrogen (secondary N) is 1. The molecule has 0 fully saturated rings. The minimum absolute atomic E-state index is 0.000673. The summed E-state index contributed by atoms with van der Waals surface area (Å²) in [5.74, 6) is -0.644. The van der Waals surface area contributed by atoms with Gasteiger partial charge in [0, 0.05) is 11.1 Å². The third-order valence-corrected chi connectivity index (χ3v) is 3.25. The highest BCUT2D eigenvalue weighted by Gasteiger charge is 2.19. The molecule has 0 aliphatic rings. The van der Waals surface area contributed by atoms with Crippen LogP contribution in [0.15, 0.2) is 18.2 Å². The molecule has 1 aromatic carbocycles. The zero-order chi connectivity index (χ0) is 14.0. The van der Waals surface area contributed by atoms with E-state index in [0.29, 0.717) is 0 Å². The first kappa shape index (κ1) is 13.7. The first-order valence-electron chi connectivity index (χ1n) is 4.71. The molecule has 0 aliphatic heterocycles. The number of benzene rings is 1. The highest BCUT2D eigenvalue weighted by molar-refractivity contribution is 7.17. The Morgan fingerprint density at radius 1 is 1.37 bits per heavy atom. The summed E-state index contributed by atoms with van der Waals surface area (Å²) in [4.78, 5) is 22.0. The maximum atomic E-state index is 11.8. The van der Waals surface area contributed by atoms with Crippen LogP contribution in [0.3, 0.4) is 0 Å². The SMILES string of the molecule is O=C(Nc1cc(Cl)ccc1[N+](=O)[O-])c1nnc(Cl)s1. The fourth-order valence-electron chi connectivity index (χ4n) is 1.24. The fourth-order valence-corrected chi connectivity index (χ4v) is 2.14. The monoisotopic (exact) mass is 318 g/mol. The molecule has 0 spiro atoms. The number of amides is 1. The Morgan fingerprint density at radius 2 is 2.11 bits per heavy atom. The molecule has 1 heterocycles. The van der Waals surface area contributed by atoms with Gasteiger partial charge in [-0.3, -0.25) is 14.9 Å². The van der Waals surface area contributed by atoms with E-state index in [4.69, 9.17) is 23.2 Å². The Hall–Kier alpha value is -1.77. The van der Waals surface area contributed by atoms with Crippen LogP contribution in [-0.4, -0.2) is 21.0 Å². The molecule has 0 aliphatic carbocycles. The van der Waals surface area contributed by atoms with Crippen molar-refractivity contribution >= 4 is 51.8 Å². The lowest BCUT2D eigenvalue weighted by molar-refractivity contribution is -0.383. The van der Waals surface area contributed by atoms with Crippen LogP contribution in [0.4, 0.5) is 11.4 Å². The number of hydrogen-bond donors (Lipinski definition) is 1. The molecule has 0 unspecified atom stereocenters. The van der Waals surface area contributed by atoms with Crippen molar-refractivity contribution in [3.05, 3.63) is 42.8 Å².